The molecule has 0 rings (SSSR count). The Morgan fingerprint density at radius 3 is 2.50 bits per heavy atom. The number of unbranched alkanes of at least 4 members (excludes halogenated alkanes) is 2. The number of allylic oxidation sites excluding steroid dienone is 1. The van der Waals surface area contributed by atoms with Gasteiger partial charge in [0, 0.05) is 26.6 Å². The molecular formula is C17H30O5. The number of methoxy groups -OCH3 is 2. The normalized spacial score (nSPS) is 14.9. The Kier molecular flexibility index (Phi) is 12.8. The van der Waals surface area contributed by atoms with E-state index in [-0.39, 0.29) is 37.5 Å². The van der Waals surface area contributed by atoms with Gasteiger partial charge in [0.05, 0.1) is 12.7 Å². The minimum Gasteiger partial charge on any atom is -0.465 e. The minimum atomic E-state index is -0.281. The molecule has 0 saturated heterocycles. The minimum absolute atomic E-state index is 0.0322. The van der Waals surface area contributed by atoms with Gasteiger partial charge in [0.15, 0.2) is 0 Å². The van der Waals surface area contributed by atoms with Gasteiger partial charge in [0.2, 0.25) is 0 Å². The third-order valence-corrected chi connectivity index (χ3v) is 3.31. The van der Waals surface area contributed by atoms with Crippen molar-refractivity contribution < 1.29 is 23.7 Å². The van der Waals surface area contributed by atoms with Crippen molar-refractivity contribution >= 4 is 5.97 Å². The number of esters is 1. The molecule has 0 aromatic carbocycles. The second-order valence-electron chi connectivity index (χ2n) is 5.17. The zero-order chi connectivity index (χ0) is 16.8. The first kappa shape index (κ1) is 20.8. The van der Waals surface area contributed by atoms with Crippen LogP contribution in [0.5, 0.6) is 0 Å². The Morgan fingerprint density at radius 1 is 1.23 bits per heavy atom. The highest BCUT2D eigenvalue weighted by molar-refractivity contribution is 5.69. The van der Waals surface area contributed by atoms with E-state index >= 15 is 0 Å². The molecule has 128 valence electrons. The van der Waals surface area contributed by atoms with E-state index in [1.807, 2.05) is 13.0 Å². The van der Waals surface area contributed by atoms with Crippen LogP contribution in [0.25, 0.3) is 0 Å². The first-order valence-corrected chi connectivity index (χ1v) is 7.63. The molecule has 5 nitrogen and oxygen atoms in total. The van der Waals surface area contributed by atoms with E-state index in [1.54, 1.807) is 20.3 Å². The molecule has 22 heavy (non-hydrogen) atoms. The van der Waals surface area contributed by atoms with E-state index in [4.69, 9.17) is 18.9 Å². The van der Waals surface area contributed by atoms with Gasteiger partial charge in [-0.05, 0) is 19.3 Å². The topological polar surface area (TPSA) is 54.0 Å². The van der Waals surface area contributed by atoms with Gasteiger partial charge in [-0.25, -0.2) is 0 Å². The lowest BCUT2D eigenvalue weighted by atomic mass is 10.0. The van der Waals surface area contributed by atoms with Gasteiger partial charge in [-0.15, -0.1) is 13.2 Å². The highest BCUT2D eigenvalue weighted by Crippen LogP contribution is 2.16. The van der Waals surface area contributed by atoms with Crippen LogP contribution in [0.1, 0.15) is 32.6 Å². The monoisotopic (exact) mass is 314 g/mol. The molecular weight excluding hydrogens is 284 g/mol. The molecule has 3 atom stereocenters. The van der Waals surface area contributed by atoms with E-state index in [0.717, 1.165) is 19.3 Å². The van der Waals surface area contributed by atoms with Crippen molar-refractivity contribution in [1.82, 2.24) is 0 Å². The smallest absolute Gasteiger partial charge is 0.305 e. The summed E-state index contributed by atoms with van der Waals surface area (Å²) in [5.74, 6) is -0.218. The number of hydrogen-bond acceptors (Lipinski definition) is 5. The first-order chi connectivity index (χ1) is 10.6. The summed E-state index contributed by atoms with van der Waals surface area (Å²) in [5, 5.41) is 0. The quantitative estimate of drug-likeness (QED) is 0.213. The van der Waals surface area contributed by atoms with Crippen LogP contribution in [-0.4, -0.2) is 45.8 Å². The van der Waals surface area contributed by atoms with Crippen molar-refractivity contribution in [2.45, 2.75) is 44.8 Å². The molecule has 0 fully saturated rings. The number of carbonyl (C=O) groups excluding carboxylic acids is 1. The summed E-state index contributed by atoms with van der Waals surface area (Å²) in [6, 6.07) is 0. The predicted octanol–water partition coefficient (Wildman–Crippen LogP) is 3.10. The van der Waals surface area contributed by atoms with Crippen LogP contribution in [0.3, 0.4) is 0 Å². The van der Waals surface area contributed by atoms with E-state index in [0.29, 0.717) is 6.42 Å². The fourth-order valence-corrected chi connectivity index (χ4v) is 2.04. The second kappa shape index (κ2) is 13.5. The van der Waals surface area contributed by atoms with Gasteiger partial charge in [0.1, 0.15) is 12.9 Å². The number of rotatable bonds is 14. The third kappa shape index (κ3) is 8.97. The van der Waals surface area contributed by atoms with Crippen LogP contribution in [0, 0.1) is 5.92 Å². The van der Waals surface area contributed by atoms with E-state index in [2.05, 4.69) is 13.2 Å². The molecule has 0 saturated carbocycles. The summed E-state index contributed by atoms with van der Waals surface area (Å²) in [6.45, 7) is 9.76. The Morgan fingerprint density at radius 2 is 1.95 bits per heavy atom. The maximum absolute atomic E-state index is 11.7. The molecule has 0 bridgehead atoms. The van der Waals surface area contributed by atoms with E-state index < -0.39 is 0 Å². The summed E-state index contributed by atoms with van der Waals surface area (Å²) >= 11 is 0. The molecule has 0 heterocycles. The predicted molar refractivity (Wildman–Crippen MR) is 86.5 cm³/mol. The molecule has 0 aromatic rings. The molecule has 0 radical (unpaired) electrons. The van der Waals surface area contributed by atoms with Crippen molar-refractivity contribution in [3.8, 4) is 0 Å². The highest BCUT2D eigenvalue weighted by Gasteiger charge is 2.27. The Balaban J connectivity index is 4.25. The average molecular weight is 314 g/mol. The van der Waals surface area contributed by atoms with E-state index in [1.165, 1.54) is 0 Å². The van der Waals surface area contributed by atoms with Crippen molar-refractivity contribution in [1.29, 1.82) is 0 Å². The SMILES string of the molecule is C=CCCCCC(=O)OC[C@@H](C)[C@H](OCOC)[C@H](C=C)OC. The zero-order valence-electron chi connectivity index (χ0n) is 14.1. The van der Waals surface area contributed by atoms with Crippen molar-refractivity contribution in [2.24, 2.45) is 5.92 Å². The largest absolute Gasteiger partial charge is 0.465 e. The van der Waals surface area contributed by atoms with Crippen LogP contribution in [0.4, 0.5) is 0 Å². The number of ether oxygens (including phenoxy) is 4. The fourth-order valence-electron chi connectivity index (χ4n) is 2.04. The second-order valence-corrected chi connectivity index (χ2v) is 5.17. The van der Waals surface area contributed by atoms with Crippen LogP contribution in [0.15, 0.2) is 25.3 Å². The van der Waals surface area contributed by atoms with Gasteiger partial charge < -0.3 is 18.9 Å². The highest BCUT2D eigenvalue weighted by atomic mass is 16.7. The number of carbonyl (C=O) groups is 1. The van der Waals surface area contributed by atoms with Gasteiger partial charge in [-0.3, -0.25) is 4.79 Å². The molecule has 5 heteroatoms. The van der Waals surface area contributed by atoms with Crippen molar-refractivity contribution in [3.63, 3.8) is 0 Å². The first-order valence-electron chi connectivity index (χ1n) is 7.63. The summed E-state index contributed by atoms with van der Waals surface area (Å²) < 4.78 is 21.2. The number of hydrogen-bond donors (Lipinski definition) is 0. The Labute approximate surface area is 134 Å². The molecule has 0 amide bonds. The van der Waals surface area contributed by atoms with Crippen LogP contribution in [0.2, 0.25) is 0 Å². The lowest BCUT2D eigenvalue weighted by Crippen LogP contribution is -2.38. The molecule has 0 aliphatic heterocycles. The molecule has 0 unspecified atom stereocenters. The summed E-state index contributed by atoms with van der Waals surface area (Å²) in [6.07, 6.45) is 6.09. The average Bonchev–Trinajstić information content (AvgIpc) is 2.53. The van der Waals surface area contributed by atoms with Gasteiger partial charge in [0.25, 0.3) is 0 Å². The van der Waals surface area contributed by atoms with Crippen molar-refractivity contribution in [3.05, 3.63) is 25.3 Å². The molecule has 0 N–H and O–H groups in total. The lowest BCUT2D eigenvalue weighted by Gasteiger charge is -2.28. The van der Waals surface area contributed by atoms with Gasteiger partial charge in [-0.1, -0.05) is 19.1 Å². The van der Waals surface area contributed by atoms with E-state index in [9.17, 15) is 4.79 Å². The molecule has 0 aliphatic carbocycles. The zero-order valence-corrected chi connectivity index (χ0v) is 14.1. The summed E-state index contributed by atoms with van der Waals surface area (Å²) in [7, 11) is 3.15. The Hall–Kier alpha value is -1.17. The maximum Gasteiger partial charge on any atom is 0.305 e. The van der Waals surface area contributed by atoms with Crippen LogP contribution < -0.4 is 0 Å². The third-order valence-electron chi connectivity index (χ3n) is 3.31. The Bertz CT molecular complexity index is 316. The standard InChI is InChI=1S/C17H30O5/c1-6-8-9-10-11-16(18)21-12-14(3)17(22-13-19-4)15(7-2)20-5/h6-7,14-15,17H,1-2,8-13H2,3-5H3/t14-,15+,17+/m1/s1. The van der Waals surface area contributed by atoms with Gasteiger partial charge >= 0.3 is 5.97 Å². The van der Waals surface area contributed by atoms with Crippen LogP contribution >= 0.6 is 0 Å². The molecule has 0 aliphatic rings. The summed E-state index contributed by atoms with van der Waals surface area (Å²) in [5.41, 5.74) is 0. The van der Waals surface area contributed by atoms with Crippen molar-refractivity contribution in [2.75, 3.05) is 27.6 Å². The summed E-state index contributed by atoms with van der Waals surface area (Å²) in [4.78, 5) is 11.7. The van der Waals surface area contributed by atoms with Gasteiger partial charge in [-0.2, -0.15) is 0 Å². The molecule has 0 spiro atoms. The fraction of sp³-hybridized carbons (Fsp3) is 0.706. The molecule has 0 aromatic heterocycles. The lowest BCUT2D eigenvalue weighted by molar-refractivity contribution is -0.154. The maximum atomic E-state index is 11.7. The van der Waals surface area contributed by atoms with Crippen LogP contribution in [-0.2, 0) is 23.7 Å².